The third kappa shape index (κ3) is 3.20. The normalized spacial score (nSPS) is 14.0. The molecular weight excluding hydrogens is 506 g/mol. The summed E-state index contributed by atoms with van der Waals surface area (Å²) in [6.07, 6.45) is 0. The van der Waals surface area contributed by atoms with Gasteiger partial charge in [0.15, 0.2) is 0 Å². The molecule has 0 N–H and O–H groups in total. The zero-order valence-corrected chi connectivity index (χ0v) is 23.9. The fourth-order valence-electron chi connectivity index (χ4n) is 8.03. The molecule has 200 valence electrons. The smallest absolute Gasteiger partial charge is 0.0494 e. The largest absolute Gasteiger partial charge is 0.338 e. The zero-order valence-electron chi connectivity index (χ0n) is 23.9. The van der Waals surface area contributed by atoms with E-state index in [2.05, 4.69) is 152 Å². The van der Waals surface area contributed by atoms with E-state index in [1.165, 1.54) is 77.4 Å². The summed E-state index contributed by atoms with van der Waals surface area (Å²) in [6, 6.07) is 50.6. The maximum Gasteiger partial charge on any atom is 0.0494 e. The average Bonchev–Trinajstić information content (AvgIpc) is 3.66. The Morgan fingerprint density at radius 2 is 0.762 bits per heavy atom. The number of rotatable bonds is 3. The van der Waals surface area contributed by atoms with Crippen LogP contribution in [0, 0.1) is 0 Å². The highest BCUT2D eigenvalue weighted by Crippen LogP contribution is 2.50. The Labute approximate surface area is 246 Å². The van der Waals surface area contributed by atoms with E-state index in [1.807, 2.05) is 0 Å². The Kier molecular flexibility index (Phi) is 4.99. The minimum Gasteiger partial charge on any atom is -0.338 e. The number of aromatic nitrogens is 1. The Morgan fingerprint density at radius 1 is 0.429 bits per heavy atom. The van der Waals surface area contributed by atoms with Crippen molar-refractivity contribution in [2.45, 2.75) is 31.7 Å². The molecule has 0 unspecified atom stereocenters. The van der Waals surface area contributed by atoms with Crippen molar-refractivity contribution in [2.24, 2.45) is 0 Å². The molecule has 6 aromatic carbocycles. The first-order valence-electron chi connectivity index (χ1n) is 15.1. The molecule has 9 rings (SSSR count). The molecule has 2 aliphatic carbocycles. The van der Waals surface area contributed by atoms with E-state index in [0.717, 1.165) is 0 Å². The molecule has 1 heteroatoms. The minimum absolute atomic E-state index is 0.246. The maximum atomic E-state index is 2.52. The molecule has 0 amide bonds. The van der Waals surface area contributed by atoms with Crippen LogP contribution in [0.4, 0.5) is 0 Å². The molecule has 42 heavy (non-hydrogen) atoms. The van der Waals surface area contributed by atoms with Crippen LogP contribution < -0.4 is 0 Å². The Morgan fingerprint density at radius 3 is 1.10 bits per heavy atom. The van der Waals surface area contributed by atoms with E-state index in [4.69, 9.17) is 0 Å². The predicted molar refractivity (Wildman–Crippen MR) is 175 cm³/mol. The molecule has 7 aromatic rings. The van der Waals surface area contributed by atoms with Crippen molar-refractivity contribution < 1.29 is 0 Å². The second-order valence-electron chi connectivity index (χ2n) is 12.2. The lowest BCUT2D eigenvalue weighted by Crippen LogP contribution is -2.02. The third-order valence-electron chi connectivity index (χ3n) is 9.70. The van der Waals surface area contributed by atoms with Crippen molar-refractivity contribution in [3.8, 4) is 22.3 Å². The van der Waals surface area contributed by atoms with Crippen molar-refractivity contribution in [1.29, 1.82) is 0 Å². The topological polar surface area (TPSA) is 4.93 Å². The molecule has 1 aromatic heterocycles. The summed E-state index contributed by atoms with van der Waals surface area (Å²) in [6.45, 7) is 4.60. The number of hydrogen-bond donors (Lipinski definition) is 0. The monoisotopic (exact) mass is 537 g/mol. The van der Waals surface area contributed by atoms with E-state index in [-0.39, 0.29) is 11.8 Å². The van der Waals surface area contributed by atoms with Gasteiger partial charge in [0.1, 0.15) is 0 Å². The van der Waals surface area contributed by atoms with Crippen molar-refractivity contribution in [2.75, 3.05) is 0 Å². The molecule has 0 atom stereocenters. The lowest BCUT2D eigenvalue weighted by molar-refractivity contribution is 0.642. The third-order valence-corrected chi connectivity index (χ3v) is 9.70. The molecule has 0 spiro atoms. The summed E-state index contributed by atoms with van der Waals surface area (Å²) in [5.74, 6) is 0.493. The first-order chi connectivity index (χ1) is 20.7. The van der Waals surface area contributed by atoms with Gasteiger partial charge < -0.3 is 4.57 Å². The summed E-state index contributed by atoms with van der Waals surface area (Å²) >= 11 is 0. The van der Waals surface area contributed by atoms with Gasteiger partial charge in [-0.25, -0.2) is 0 Å². The summed E-state index contributed by atoms with van der Waals surface area (Å²) in [4.78, 5) is 0. The van der Waals surface area contributed by atoms with Gasteiger partial charge in [0.25, 0.3) is 0 Å². The van der Waals surface area contributed by atoms with Crippen LogP contribution in [0.15, 0.2) is 133 Å². The quantitative estimate of drug-likeness (QED) is 0.211. The van der Waals surface area contributed by atoms with Crippen LogP contribution in [0.3, 0.4) is 0 Å². The number of benzene rings is 6. The van der Waals surface area contributed by atoms with Gasteiger partial charge in [0.2, 0.25) is 0 Å². The van der Waals surface area contributed by atoms with Crippen LogP contribution in [-0.4, -0.2) is 4.57 Å². The van der Waals surface area contributed by atoms with Gasteiger partial charge in [-0.3, -0.25) is 0 Å². The molecule has 0 saturated heterocycles. The van der Waals surface area contributed by atoms with Gasteiger partial charge in [-0.15, -0.1) is 0 Å². The number of nitrogens with zero attached hydrogens (tertiary/aromatic N) is 1. The van der Waals surface area contributed by atoms with Crippen molar-refractivity contribution >= 4 is 21.8 Å². The summed E-state index contributed by atoms with van der Waals surface area (Å²) in [5, 5.41) is 2.69. The molecule has 0 bridgehead atoms. The number of hydrogen-bond acceptors (Lipinski definition) is 0. The second-order valence-corrected chi connectivity index (χ2v) is 12.2. The van der Waals surface area contributed by atoms with Crippen molar-refractivity contribution in [3.63, 3.8) is 0 Å². The van der Waals surface area contributed by atoms with Crippen LogP contribution in [0.2, 0.25) is 0 Å². The molecule has 0 saturated carbocycles. The number of fused-ring (bicyclic) bond motifs is 9. The Bertz CT molecular complexity index is 1950. The average molecular weight is 538 g/mol. The van der Waals surface area contributed by atoms with Crippen LogP contribution in [0.1, 0.15) is 65.1 Å². The molecule has 0 fully saturated rings. The van der Waals surface area contributed by atoms with E-state index in [1.54, 1.807) is 0 Å². The SMILES string of the molecule is CC(C)n1c2ccc(C3c4ccccc4-c4ccccc43)cc2c2cc(C3c4ccccc4-c4ccccc43)ccc21. The van der Waals surface area contributed by atoms with Gasteiger partial charge in [-0.1, -0.05) is 109 Å². The molecule has 2 aliphatic rings. The van der Waals surface area contributed by atoms with Crippen LogP contribution >= 0.6 is 0 Å². The van der Waals surface area contributed by atoms with E-state index in [0.29, 0.717) is 6.04 Å². The van der Waals surface area contributed by atoms with Crippen molar-refractivity contribution in [1.82, 2.24) is 4.57 Å². The first kappa shape index (κ1) is 23.8. The van der Waals surface area contributed by atoms with Crippen LogP contribution in [0.25, 0.3) is 44.1 Å². The Balaban J connectivity index is 1.28. The summed E-state index contributed by atoms with van der Waals surface area (Å²) in [7, 11) is 0. The fourth-order valence-corrected chi connectivity index (χ4v) is 8.03. The van der Waals surface area contributed by atoms with Gasteiger partial charge in [0.05, 0.1) is 0 Å². The van der Waals surface area contributed by atoms with E-state index >= 15 is 0 Å². The van der Waals surface area contributed by atoms with Crippen LogP contribution in [0.5, 0.6) is 0 Å². The molecule has 0 aliphatic heterocycles. The minimum atomic E-state index is 0.246. The van der Waals surface area contributed by atoms with Gasteiger partial charge in [-0.2, -0.15) is 0 Å². The molecule has 1 nitrogen and oxygen atoms in total. The maximum absolute atomic E-state index is 2.52. The van der Waals surface area contributed by atoms with Gasteiger partial charge in [0, 0.05) is 39.7 Å². The standard InChI is InChI=1S/C41H31N/c1-25(2)42-38-21-19-26(40-32-15-7-3-11-28(32)29-12-4-8-16-33(29)40)23-36(38)37-24-27(20-22-39(37)42)41-34-17-9-5-13-30(34)31-14-6-10-18-35(31)41/h3-25,40-41H,1-2H3. The molecule has 0 radical (unpaired) electrons. The van der Waals surface area contributed by atoms with E-state index < -0.39 is 0 Å². The predicted octanol–water partition coefficient (Wildman–Crippen LogP) is 10.7. The first-order valence-corrected chi connectivity index (χ1v) is 15.1. The lowest BCUT2D eigenvalue weighted by atomic mass is 9.87. The molecule has 1 heterocycles. The molecular formula is C41H31N. The fraction of sp³-hybridized carbons (Fsp3) is 0.122. The summed E-state index contributed by atoms with van der Waals surface area (Å²) in [5.41, 5.74) is 16.4. The second kappa shape index (κ2) is 8.81. The van der Waals surface area contributed by atoms with Crippen LogP contribution in [-0.2, 0) is 0 Å². The zero-order chi connectivity index (χ0) is 27.9. The van der Waals surface area contributed by atoms with Gasteiger partial charge >= 0.3 is 0 Å². The van der Waals surface area contributed by atoms with Gasteiger partial charge in [-0.05, 0) is 93.7 Å². The lowest BCUT2D eigenvalue weighted by Gasteiger charge is -2.16. The van der Waals surface area contributed by atoms with E-state index in [9.17, 15) is 0 Å². The Hall–Kier alpha value is -4.88. The highest BCUT2D eigenvalue weighted by Gasteiger charge is 2.31. The highest BCUT2D eigenvalue weighted by molar-refractivity contribution is 6.09. The highest BCUT2D eigenvalue weighted by atomic mass is 15.0. The van der Waals surface area contributed by atoms with Crippen molar-refractivity contribution in [3.05, 3.63) is 167 Å². The summed E-state index contributed by atoms with van der Waals surface area (Å²) < 4.78 is 2.52.